The number of hydrazone groups is 1. The normalized spacial score (nSPS) is 14.7. The van der Waals surface area contributed by atoms with Crippen LogP contribution in [0.5, 0.6) is 0 Å². The minimum atomic E-state index is -0.368. The molecule has 0 spiro atoms. The summed E-state index contributed by atoms with van der Waals surface area (Å²) in [6.07, 6.45) is 0.212. The molecule has 1 heterocycles. The molecular weight excluding hydrogens is 460 g/mol. The monoisotopic (exact) mass is 488 g/mol. The van der Waals surface area contributed by atoms with Gasteiger partial charge in [0.15, 0.2) is 0 Å². The Bertz CT molecular complexity index is 1350. The minimum absolute atomic E-state index is 0.301. The van der Waals surface area contributed by atoms with Crippen LogP contribution in [0.15, 0.2) is 120 Å². The lowest BCUT2D eigenvalue weighted by molar-refractivity contribution is -0.136. The van der Waals surface area contributed by atoms with Crippen LogP contribution >= 0.6 is 0 Å². The summed E-state index contributed by atoms with van der Waals surface area (Å²) in [6, 6.07) is 37.0. The SMILES string of the molecule is Cc1ccc(NC(=O)CC(=O)N2N=C(N(c3ccccc3)c3ccccc3)CC2c2ccccc2)cc1. The number of benzene rings is 4. The van der Waals surface area contributed by atoms with Crippen LogP contribution in [-0.2, 0) is 9.59 Å². The molecule has 4 aromatic rings. The molecule has 184 valence electrons. The fourth-order valence-corrected chi connectivity index (χ4v) is 4.46. The summed E-state index contributed by atoms with van der Waals surface area (Å²) < 4.78 is 0. The second-order valence-electron chi connectivity index (χ2n) is 8.98. The predicted octanol–water partition coefficient (Wildman–Crippen LogP) is 6.45. The van der Waals surface area contributed by atoms with Crippen molar-refractivity contribution in [2.45, 2.75) is 25.8 Å². The molecule has 0 bridgehead atoms. The molecule has 0 radical (unpaired) electrons. The lowest BCUT2D eigenvalue weighted by Crippen LogP contribution is -2.30. The molecule has 6 nitrogen and oxygen atoms in total. The van der Waals surface area contributed by atoms with Crippen molar-refractivity contribution in [2.75, 3.05) is 10.2 Å². The standard InChI is InChI=1S/C31H28N4O2/c1-23-17-19-25(20-18-23)32-30(36)22-31(37)35-28(24-11-5-2-6-12-24)21-29(33-35)34(26-13-7-3-8-14-26)27-15-9-4-10-16-27/h2-20,28H,21-22H2,1H3,(H,32,36). The second kappa shape index (κ2) is 10.9. The van der Waals surface area contributed by atoms with Crippen molar-refractivity contribution >= 4 is 34.7 Å². The maximum atomic E-state index is 13.5. The van der Waals surface area contributed by atoms with Gasteiger partial charge in [-0.15, -0.1) is 0 Å². The zero-order valence-corrected chi connectivity index (χ0v) is 20.6. The van der Waals surface area contributed by atoms with Gasteiger partial charge in [-0.1, -0.05) is 84.4 Å². The van der Waals surface area contributed by atoms with Gasteiger partial charge in [0.25, 0.3) is 5.91 Å². The highest BCUT2D eigenvalue weighted by atomic mass is 16.2. The number of anilines is 3. The molecule has 0 saturated carbocycles. The van der Waals surface area contributed by atoms with Crippen molar-refractivity contribution in [2.24, 2.45) is 5.10 Å². The van der Waals surface area contributed by atoms with Crippen LogP contribution in [0.25, 0.3) is 0 Å². The molecule has 1 atom stereocenters. The summed E-state index contributed by atoms with van der Waals surface area (Å²) in [5.74, 6) is 0.0142. The van der Waals surface area contributed by atoms with Gasteiger partial charge in [-0.2, -0.15) is 5.10 Å². The fraction of sp³-hybridized carbons (Fsp3) is 0.129. The maximum Gasteiger partial charge on any atom is 0.252 e. The first-order valence-electron chi connectivity index (χ1n) is 12.3. The van der Waals surface area contributed by atoms with Gasteiger partial charge in [0.1, 0.15) is 12.3 Å². The van der Waals surface area contributed by atoms with Crippen molar-refractivity contribution in [3.8, 4) is 0 Å². The molecule has 1 aliphatic heterocycles. The highest BCUT2D eigenvalue weighted by Crippen LogP contribution is 2.36. The van der Waals surface area contributed by atoms with Crippen molar-refractivity contribution in [1.82, 2.24) is 5.01 Å². The zero-order valence-electron chi connectivity index (χ0n) is 20.6. The Morgan fingerprint density at radius 3 is 1.92 bits per heavy atom. The molecule has 1 unspecified atom stereocenters. The summed E-state index contributed by atoms with van der Waals surface area (Å²) >= 11 is 0. The average Bonchev–Trinajstić information content (AvgIpc) is 3.37. The minimum Gasteiger partial charge on any atom is -0.326 e. The Hall–Kier alpha value is -4.71. The van der Waals surface area contributed by atoms with Crippen LogP contribution in [0.2, 0.25) is 0 Å². The summed E-state index contributed by atoms with van der Waals surface area (Å²) in [7, 11) is 0. The third-order valence-corrected chi connectivity index (χ3v) is 6.27. The molecule has 6 heteroatoms. The summed E-state index contributed by atoms with van der Waals surface area (Å²) in [5, 5.41) is 9.11. The predicted molar refractivity (Wildman–Crippen MR) is 148 cm³/mol. The molecule has 1 N–H and O–H groups in total. The van der Waals surface area contributed by atoms with Crippen LogP contribution in [0.1, 0.15) is 30.0 Å². The molecule has 1 aliphatic rings. The molecule has 5 rings (SSSR count). The zero-order chi connectivity index (χ0) is 25.6. The average molecular weight is 489 g/mol. The van der Waals surface area contributed by atoms with E-state index in [9.17, 15) is 9.59 Å². The van der Waals surface area contributed by atoms with E-state index in [1.165, 1.54) is 5.01 Å². The third kappa shape index (κ3) is 5.59. The van der Waals surface area contributed by atoms with Crippen molar-refractivity contribution < 1.29 is 9.59 Å². The Kier molecular flexibility index (Phi) is 7.08. The van der Waals surface area contributed by atoms with Gasteiger partial charge in [0, 0.05) is 23.5 Å². The van der Waals surface area contributed by atoms with E-state index in [0.29, 0.717) is 12.1 Å². The topological polar surface area (TPSA) is 65.0 Å². The number of carbonyl (C=O) groups is 2. The van der Waals surface area contributed by atoms with Gasteiger partial charge in [-0.05, 0) is 48.9 Å². The van der Waals surface area contributed by atoms with Crippen LogP contribution < -0.4 is 10.2 Å². The van der Waals surface area contributed by atoms with Gasteiger partial charge < -0.3 is 5.32 Å². The van der Waals surface area contributed by atoms with Crippen molar-refractivity contribution in [3.05, 3.63) is 126 Å². The number of amidine groups is 1. The largest absolute Gasteiger partial charge is 0.326 e. The quantitative estimate of drug-likeness (QED) is 0.317. The number of amides is 2. The van der Waals surface area contributed by atoms with Crippen LogP contribution in [0, 0.1) is 6.92 Å². The number of hydrogen-bond acceptors (Lipinski definition) is 4. The lowest BCUT2D eigenvalue weighted by Gasteiger charge is -2.24. The van der Waals surface area contributed by atoms with Crippen LogP contribution in [0.4, 0.5) is 17.1 Å². The highest BCUT2D eigenvalue weighted by Gasteiger charge is 2.36. The van der Waals surface area contributed by atoms with E-state index >= 15 is 0 Å². The summed E-state index contributed by atoms with van der Waals surface area (Å²) in [6.45, 7) is 1.98. The number of carbonyl (C=O) groups excluding carboxylic acids is 2. The second-order valence-corrected chi connectivity index (χ2v) is 8.98. The molecular formula is C31H28N4O2. The summed E-state index contributed by atoms with van der Waals surface area (Å²) in [4.78, 5) is 28.3. The number of aryl methyl sites for hydroxylation is 1. The Morgan fingerprint density at radius 1 is 0.811 bits per heavy atom. The van der Waals surface area contributed by atoms with Gasteiger partial charge in [0.2, 0.25) is 5.91 Å². The van der Waals surface area contributed by atoms with E-state index in [1.807, 2.05) is 122 Å². The van der Waals surface area contributed by atoms with Gasteiger partial charge in [-0.25, -0.2) is 5.01 Å². The summed E-state index contributed by atoms with van der Waals surface area (Å²) in [5.41, 5.74) is 4.62. The fourth-order valence-electron chi connectivity index (χ4n) is 4.46. The Balaban J connectivity index is 1.45. The van der Waals surface area contributed by atoms with Crippen LogP contribution in [-0.4, -0.2) is 22.7 Å². The van der Waals surface area contributed by atoms with Crippen molar-refractivity contribution in [1.29, 1.82) is 0 Å². The van der Waals surface area contributed by atoms with Crippen LogP contribution in [0.3, 0.4) is 0 Å². The Labute approximate surface area is 216 Å². The van der Waals surface area contributed by atoms with E-state index in [-0.39, 0.29) is 24.3 Å². The van der Waals surface area contributed by atoms with E-state index in [4.69, 9.17) is 5.10 Å². The van der Waals surface area contributed by atoms with E-state index in [1.54, 1.807) is 0 Å². The van der Waals surface area contributed by atoms with E-state index < -0.39 is 0 Å². The maximum absolute atomic E-state index is 13.5. The highest BCUT2D eigenvalue weighted by molar-refractivity contribution is 6.08. The molecule has 0 aromatic heterocycles. The molecule has 0 fully saturated rings. The first-order chi connectivity index (χ1) is 18.1. The molecule has 0 saturated heterocycles. The van der Waals surface area contributed by atoms with E-state index in [0.717, 1.165) is 28.3 Å². The molecule has 2 amide bonds. The number of nitrogens with one attached hydrogen (secondary N) is 1. The number of para-hydroxylation sites is 2. The van der Waals surface area contributed by atoms with Gasteiger partial charge >= 0.3 is 0 Å². The van der Waals surface area contributed by atoms with Crippen molar-refractivity contribution in [3.63, 3.8) is 0 Å². The molecule has 37 heavy (non-hydrogen) atoms. The van der Waals surface area contributed by atoms with Gasteiger partial charge in [-0.3, -0.25) is 14.5 Å². The van der Waals surface area contributed by atoms with Gasteiger partial charge in [0.05, 0.1) is 6.04 Å². The first-order valence-corrected chi connectivity index (χ1v) is 12.3. The van der Waals surface area contributed by atoms with E-state index in [2.05, 4.69) is 10.2 Å². The number of hydrogen-bond donors (Lipinski definition) is 1. The molecule has 0 aliphatic carbocycles. The third-order valence-electron chi connectivity index (χ3n) is 6.27. The first kappa shape index (κ1) is 24.0. The Morgan fingerprint density at radius 2 is 1.35 bits per heavy atom. The smallest absolute Gasteiger partial charge is 0.252 e. The lowest BCUT2D eigenvalue weighted by atomic mass is 10.0. The number of rotatable bonds is 6. The number of nitrogens with zero attached hydrogens (tertiary/aromatic N) is 3. The molecule has 4 aromatic carbocycles.